The molecule has 0 fully saturated rings. The van der Waals surface area contributed by atoms with Gasteiger partial charge < -0.3 is 19.5 Å². The molecule has 3 aromatic carbocycles. The molecule has 5 rings (SSSR count). The van der Waals surface area contributed by atoms with E-state index in [2.05, 4.69) is 5.32 Å². The SMILES string of the molecule is CCOc1cc([C@H]2C(C(=O)OC)=C(C)NC3=C2C(=O)c2ccccc23)cc(Cl)c1OCc1cccc(F)c1. The summed E-state index contributed by atoms with van der Waals surface area (Å²) in [6, 6.07) is 16.8. The maximum Gasteiger partial charge on any atom is 0.336 e. The molecule has 38 heavy (non-hydrogen) atoms. The lowest BCUT2D eigenvalue weighted by atomic mass is 9.79. The van der Waals surface area contributed by atoms with Gasteiger partial charge in [-0.2, -0.15) is 0 Å². The fourth-order valence-corrected chi connectivity index (χ4v) is 5.26. The van der Waals surface area contributed by atoms with Crippen LogP contribution in [0.3, 0.4) is 0 Å². The maximum atomic E-state index is 13.6. The van der Waals surface area contributed by atoms with Crippen LogP contribution in [-0.4, -0.2) is 25.5 Å². The number of carbonyl (C=O) groups is 2. The maximum absolute atomic E-state index is 13.6. The number of Topliss-reactive ketones (excluding diaryl/α,β-unsaturated/α-hetero) is 1. The number of methoxy groups -OCH3 is 1. The van der Waals surface area contributed by atoms with Crippen molar-refractivity contribution in [3.63, 3.8) is 0 Å². The Morgan fingerprint density at radius 2 is 1.82 bits per heavy atom. The highest BCUT2D eigenvalue weighted by atomic mass is 35.5. The van der Waals surface area contributed by atoms with Gasteiger partial charge in [-0.1, -0.05) is 48.0 Å². The molecule has 194 valence electrons. The van der Waals surface area contributed by atoms with Crippen LogP contribution in [0.4, 0.5) is 4.39 Å². The van der Waals surface area contributed by atoms with Crippen molar-refractivity contribution in [2.24, 2.45) is 0 Å². The fraction of sp³-hybridized carbons (Fsp3) is 0.200. The lowest BCUT2D eigenvalue weighted by Gasteiger charge is -2.29. The summed E-state index contributed by atoms with van der Waals surface area (Å²) < 4.78 is 30.6. The molecule has 0 unspecified atom stereocenters. The van der Waals surface area contributed by atoms with Crippen LogP contribution >= 0.6 is 11.6 Å². The molecule has 0 saturated carbocycles. The number of allylic oxidation sites excluding steroid dienone is 2. The molecule has 3 aromatic rings. The largest absolute Gasteiger partial charge is 0.490 e. The van der Waals surface area contributed by atoms with E-state index in [-0.39, 0.29) is 29.0 Å². The Balaban J connectivity index is 1.62. The lowest BCUT2D eigenvalue weighted by Crippen LogP contribution is -2.29. The Kier molecular flexibility index (Phi) is 6.95. The minimum absolute atomic E-state index is 0.0692. The van der Waals surface area contributed by atoms with Crippen LogP contribution in [-0.2, 0) is 16.1 Å². The lowest BCUT2D eigenvalue weighted by molar-refractivity contribution is -0.136. The second kappa shape index (κ2) is 10.3. The van der Waals surface area contributed by atoms with Crippen molar-refractivity contribution in [2.45, 2.75) is 26.4 Å². The van der Waals surface area contributed by atoms with Gasteiger partial charge in [0.05, 0.1) is 30.0 Å². The highest BCUT2D eigenvalue weighted by Gasteiger charge is 2.43. The van der Waals surface area contributed by atoms with E-state index < -0.39 is 11.9 Å². The van der Waals surface area contributed by atoms with Crippen molar-refractivity contribution in [1.82, 2.24) is 5.32 Å². The minimum atomic E-state index is -0.757. The Bertz CT molecular complexity index is 1530. The number of esters is 1. The first kappa shape index (κ1) is 25.5. The van der Waals surface area contributed by atoms with E-state index in [0.717, 1.165) is 5.56 Å². The van der Waals surface area contributed by atoms with Gasteiger partial charge in [0.15, 0.2) is 17.3 Å². The summed E-state index contributed by atoms with van der Waals surface area (Å²) in [6.45, 7) is 3.98. The predicted molar refractivity (Wildman–Crippen MR) is 142 cm³/mol. The number of benzene rings is 3. The average molecular weight is 534 g/mol. The summed E-state index contributed by atoms with van der Waals surface area (Å²) in [5, 5.41) is 3.49. The van der Waals surface area contributed by atoms with Crippen molar-refractivity contribution in [2.75, 3.05) is 13.7 Å². The van der Waals surface area contributed by atoms with Crippen molar-refractivity contribution in [3.05, 3.63) is 111 Å². The predicted octanol–water partition coefficient (Wildman–Crippen LogP) is 6.20. The van der Waals surface area contributed by atoms with Crippen LogP contribution in [0, 0.1) is 5.82 Å². The first-order chi connectivity index (χ1) is 18.3. The van der Waals surface area contributed by atoms with Crippen LogP contribution in [0.2, 0.25) is 5.02 Å². The number of carbonyl (C=O) groups excluding carboxylic acids is 2. The summed E-state index contributed by atoms with van der Waals surface area (Å²) in [5.41, 5.74) is 4.50. The quantitative estimate of drug-likeness (QED) is 0.365. The monoisotopic (exact) mass is 533 g/mol. The third kappa shape index (κ3) is 4.43. The van der Waals surface area contributed by atoms with Crippen LogP contribution in [0.25, 0.3) is 5.70 Å². The Morgan fingerprint density at radius 1 is 1.05 bits per heavy atom. The number of halogens is 2. The number of ketones is 1. The molecule has 1 atom stereocenters. The molecule has 0 aromatic heterocycles. The van der Waals surface area contributed by atoms with Gasteiger partial charge >= 0.3 is 5.97 Å². The van der Waals surface area contributed by atoms with E-state index >= 15 is 0 Å². The van der Waals surface area contributed by atoms with E-state index in [1.54, 1.807) is 43.3 Å². The Labute approximate surface area is 224 Å². The average Bonchev–Trinajstić information content (AvgIpc) is 3.18. The molecule has 1 aliphatic carbocycles. The van der Waals surface area contributed by atoms with Crippen LogP contribution < -0.4 is 14.8 Å². The molecule has 2 aliphatic rings. The molecule has 0 saturated heterocycles. The Hall–Kier alpha value is -4.10. The summed E-state index contributed by atoms with van der Waals surface area (Å²) in [4.78, 5) is 26.6. The van der Waals surface area contributed by atoms with Gasteiger partial charge in [0.25, 0.3) is 0 Å². The molecular formula is C30H25ClFNO5. The van der Waals surface area contributed by atoms with Crippen LogP contribution in [0.1, 0.15) is 46.8 Å². The molecule has 0 radical (unpaired) electrons. The van der Waals surface area contributed by atoms with Crippen LogP contribution in [0.5, 0.6) is 11.5 Å². The zero-order chi connectivity index (χ0) is 27.0. The molecule has 0 amide bonds. The van der Waals surface area contributed by atoms with E-state index in [4.69, 9.17) is 25.8 Å². The van der Waals surface area contributed by atoms with Crippen LogP contribution in [0.15, 0.2) is 77.5 Å². The second-order valence-electron chi connectivity index (χ2n) is 8.93. The van der Waals surface area contributed by atoms with Gasteiger partial charge in [0.2, 0.25) is 0 Å². The molecule has 0 bridgehead atoms. The van der Waals surface area contributed by atoms with Gasteiger partial charge in [-0.15, -0.1) is 0 Å². The summed E-state index contributed by atoms with van der Waals surface area (Å²) in [7, 11) is 1.30. The highest BCUT2D eigenvalue weighted by molar-refractivity contribution is 6.32. The highest BCUT2D eigenvalue weighted by Crippen LogP contribution is 2.49. The molecule has 1 N–H and O–H groups in total. The molecule has 1 aliphatic heterocycles. The first-order valence-electron chi connectivity index (χ1n) is 12.1. The normalized spacial score (nSPS) is 16.1. The molecule has 0 spiro atoms. The molecule has 8 heteroatoms. The van der Waals surface area contributed by atoms with Crippen molar-refractivity contribution in [3.8, 4) is 11.5 Å². The second-order valence-corrected chi connectivity index (χ2v) is 9.34. The van der Waals surface area contributed by atoms with Gasteiger partial charge in [-0.3, -0.25) is 4.79 Å². The van der Waals surface area contributed by atoms with Crippen molar-refractivity contribution >= 4 is 29.1 Å². The first-order valence-corrected chi connectivity index (χ1v) is 12.5. The van der Waals surface area contributed by atoms with Gasteiger partial charge in [-0.05, 0) is 49.2 Å². The topological polar surface area (TPSA) is 73.9 Å². The standard InChI is InChI=1S/C30H25ClFNO5/c1-4-37-23-14-18(13-22(31)29(23)38-15-17-8-7-9-19(32)12-17)25-24(30(35)36-3)16(2)33-27-20-10-5-6-11-21(20)28(34)26(25)27/h5-14,25,33H,4,15H2,1-3H3/t25-/m0/s1. The smallest absolute Gasteiger partial charge is 0.336 e. The van der Waals surface area contributed by atoms with E-state index in [1.807, 2.05) is 19.1 Å². The third-order valence-electron chi connectivity index (χ3n) is 6.59. The number of rotatable bonds is 7. The van der Waals surface area contributed by atoms with E-state index in [0.29, 0.717) is 51.6 Å². The van der Waals surface area contributed by atoms with E-state index in [9.17, 15) is 14.0 Å². The number of ether oxygens (including phenoxy) is 3. The number of nitrogens with one attached hydrogen (secondary N) is 1. The number of hydrogen-bond donors (Lipinski definition) is 1. The fourth-order valence-electron chi connectivity index (χ4n) is 4.98. The van der Waals surface area contributed by atoms with Gasteiger partial charge in [-0.25, -0.2) is 9.18 Å². The van der Waals surface area contributed by atoms with E-state index in [1.165, 1.54) is 19.2 Å². The van der Waals surface area contributed by atoms with Crippen molar-refractivity contribution in [1.29, 1.82) is 0 Å². The zero-order valence-electron chi connectivity index (χ0n) is 21.1. The molecular weight excluding hydrogens is 509 g/mol. The summed E-state index contributed by atoms with van der Waals surface area (Å²) >= 11 is 6.73. The summed E-state index contributed by atoms with van der Waals surface area (Å²) in [5.74, 6) is -1.24. The van der Waals surface area contributed by atoms with Gasteiger partial charge in [0, 0.05) is 28.3 Å². The molecule has 6 nitrogen and oxygen atoms in total. The van der Waals surface area contributed by atoms with Crippen molar-refractivity contribution < 1.29 is 28.2 Å². The third-order valence-corrected chi connectivity index (χ3v) is 6.87. The Morgan fingerprint density at radius 3 is 2.53 bits per heavy atom. The number of fused-ring (bicyclic) bond motifs is 2. The minimum Gasteiger partial charge on any atom is -0.490 e. The summed E-state index contributed by atoms with van der Waals surface area (Å²) in [6.07, 6.45) is 0. The zero-order valence-corrected chi connectivity index (χ0v) is 21.8. The molecule has 1 heterocycles. The van der Waals surface area contributed by atoms with Gasteiger partial charge in [0.1, 0.15) is 12.4 Å². The number of dihydropyridines is 1. The number of hydrogen-bond acceptors (Lipinski definition) is 6.